The van der Waals surface area contributed by atoms with Gasteiger partial charge in [-0.25, -0.2) is 0 Å². The highest BCUT2D eigenvalue weighted by molar-refractivity contribution is 5.66. The van der Waals surface area contributed by atoms with Crippen molar-refractivity contribution in [2.75, 3.05) is 0 Å². The molecule has 0 N–H and O–H groups in total. The van der Waals surface area contributed by atoms with Gasteiger partial charge in [0.1, 0.15) is 17.5 Å². The number of ether oxygens (including phenoxy) is 2. The predicted molar refractivity (Wildman–Crippen MR) is 123 cm³/mol. The molecule has 0 amide bonds. The van der Waals surface area contributed by atoms with Crippen molar-refractivity contribution in [1.82, 2.24) is 0 Å². The summed E-state index contributed by atoms with van der Waals surface area (Å²) in [5.41, 5.74) is 1.56. The topological polar surface area (TPSA) is 65.7 Å². The van der Waals surface area contributed by atoms with E-state index in [-0.39, 0.29) is 29.0 Å². The number of benzene rings is 1. The molecule has 172 valence electrons. The van der Waals surface area contributed by atoms with Crippen molar-refractivity contribution in [2.24, 2.45) is 11.8 Å². The van der Waals surface area contributed by atoms with E-state index in [1.165, 1.54) is 12.5 Å². The first-order valence-electron chi connectivity index (χ1n) is 11.8. The van der Waals surface area contributed by atoms with Crippen LogP contribution < -0.4 is 10.2 Å². The summed E-state index contributed by atoms with van der Waals surface area (Å²) in [4.78, 5) is 24.9. The van der Waals surface area contributed by atoms with Crippen LogP contribution in [0.25, 0.3) is 0 Å². The minimum absolute atomic E-state index is 0.0227. The number of rotatable bonds is 7. The van der Waals surface area contributed by atoms with Crippen molar-refractivity contribution in [3.05, 3.63) is 63.5 Å². The van der Waals surface area contributed by atoms with E-state index in [2.05, 4.69) is 32.9 Å². The lowest BCUT2D eigenvalue weighted by atomic mass is 9.65. The van der Waals surface area contributed by atoms with Gasteiger partial charge in [-0.2, -0.15) is 0 Å². The lowest BCUT2D eigenvalue weighted by Gasteiger charge is -2.47. The molecule has 4 atom stereocenters. The second-order valence-corrected chi connectivity index (χ2v) is 10.0. The van der Waals surface area contributed by atoms with Crippen LogP contribution in [0, 0.1) is 11.8 Å². The second kappa shape index (κ2) is 9.13. The number of fused-ring (bicyclic) bond motifs is 4. The fraction of sp³-hybridized carbons (Fsp3) is 0.556. The summed E-state index contributed by atoms with van der Waals surface area (Å²) in [6, 6.07) is 11.7. The van der Waals surface area contributed by atoms with Crippen LogP contribution in [0.2, 0.25) is 0 Å². The normalized spacial score (nSPS) is 25.0. The summed E-state index contributed by atoms with van der Waals surface area (Å²) in [6.07, 6.45) is 4.31. The summed E-state index contributed by atoms with van der Waals surface area (Å²) in [5.74, 6) is 1.69. The van der Waals surface area contributed by atoms with Gasteiger partial charge in [0.05, 0.1) is 5.56 Å². The lowest BCUT2D eigenvalue weighted by molar-refractivity contribution is -0.146. The first kappa shape index (κ1) is 22.6. The van der Waals surface area contributed by atoms with Crippen LogP contribution in [-0.4, -0.2) is 17.7 Å². The van der Waals surface area contributed by atoms with E-state index in [4.69, 9.17) is 13.9 Å². The predicted octanol–water partition coefficient (Wildman–Crippen LogP) is 5.44. The van der Waals surface area contributed by atoms with Crippen LogP contribution in [-0.2, 0) is 22.4 Å². The molecular weight excluding hydrogens is 404 g/mol. The molecule has 2 aliphatic rings. The lowest BCUT2D eigenvalue weighted by Crippen LogP contribution is -2.46. The molecule has 2 bridgehead atoms. The zero-order valence-corrected chi connectivity index (χ0v) is 19.6. The summed E-state index contributed by atoms with van der Waals surface area (Å²) in [6.45, 7) is 7.99. The van der Waals surface area contributed by atoms with Crippen LogP contribution in [0.15, 0.2) is 45.6 Å². The average Bonchev–Trinajstić information content (AvgIpc) is 2.71. The Morgan fingerprint density at radius 3 is 2.69 bits per heavy atom. The van der Waals surface area contributed by atoms with Crippen LogP contribution in [0.1, 0.15) is 76.2 Å². The minimum Gasteiger partial charge on any atom is -0.462 e. The average molecular weight is 439 g/mol. The van der Waals surface area contributed by atoms with Gasteiger partial charge in [-0.05, 0) is 56.4 Å². The van der Waals surface area contributed by atoms with E-state index in [1.54, 1.807) is 6.07 Å². The van der Waals surface area contributed by atoms with E-state index in [0.717, 1.165) is 25.7 Å². The second-order valence-electron chi connectivity index (χ2n) is 10.0. The van der Waals surface area contributed by atoms with Crippen LogP contribution in [0.5, 0.6) is 5.95 Å². The van der Waals surface area contributed by atoms with Gasteiger partial charge in [-0.15, -0.1) is 0 Å². The molecule has 2 heterocycles. The quantitative estimate of drug-likeness (QED) is 0.539. The largest absolute Gasteiger partial charge is 0.462 e. The maximum atomic E-state index is 13.2. The fourth-order valence-electron chi connectivity index (χ4n) is 5.50. The fourth-order valence-corrected chi connectivity index (χ4v) is 5.50. The Morgan fingerprint density at radius 1 is 1.25 bits per heavy atom. The van der Waals surface area contributed by atoms with E-state index in [0.29, 0.717) is 41.9 Å². The Morgan fingerprint density at radius 2 is 2.00 bits per heavy atom. The number of hydrogen-bond acceptors (Lipinski definition) is 5. The maximum absolute atomic E-state index is 13.2. The number of esters is 1. The molecule has 4 rings (SSSR count). The van der Waals surface area contributed by atoms with Crippen molar-refractivity contribution in [3.63, 3.8) is 0 Å². The Bertz CT molecular complexity index is 1010. The van der Waals surface area contributed by atoms with Gasteiger partial charge in [-0.3, -0.25) is 9.59 Å². The number of hydrogen-bond donors (Lipinski definition) is 0. The SMILES string of the molecule is CC(=O)OC(CCc1ccccc1)Cc1cc(=O)c2c(o1)OC1(C)CCC(C(C)C)C2C1. The number of carbonyl (C=O) groups excluding carboxylic acids is 1. The zero-order chi connectivity index (χ0) is 22.9. The van der Waals surface area contributed by atoms with E-state index < -0.39 is 0 Å². The third-order valence-corrected chi connectivity index (χ3v) is 7.10. The molecule has 1 aromatic heterocycles. The van der Waals surface area contributed by atoms with E-state index >= 15 is 0 Å². The van der Waals surface area contributed by atoms with E-state index in [1.807, 2.05) is 18.2 Å². The molecule has 32 heavy (non-hydrogen) atoms. The summed E-state index contributed by atoms with van der Waals surface area (Å²) < 4.78 is 18.0. The summed E-state index contributed by atoms with van der Waals surface area (Å²) in [5, 5.41) is 0. The van der Waals surface area contributed by atoms with Gasteiger partial charge in [0, 0.05) is 25.3 Å². The van der Waals surface area contributed by atoms with Crippen molar-refractivity contribution < 1.29 is 18.7 Å². The van der Waals surface area contributed by atoms with Crippen LogP contribution in [0.3, 0.4) is 0 Å². The van der Waals surface area contributed by atoms with Crippen molar-refractivity contribution in [3.8, 4) is 5.95 Å². The van der Waals surface area contributed by atoms with Gasteiger partial charge < -0.3 is 13.9 Å². The molecule has 0 saturated heterocycles. The van der Waals surface area contributed by atoms with Crippen molar-refractivity contribution in [1.29, 1.82) is 0 Å². The molecule has 0 spiro atoms. The van der Waals surface area contributed by atoms with Crippen LogP contribution in [0.4, 0.5) is 0 Å². The smallest absolute Gasteiger partial charge is 0.302 e. The zero-order valence-electron chi connectivity index (χ0n) is 19.6. The summed E-state index contributed by atoms with van der Waals surface area (Å²) >= 11 is 0. The van der Waals surface area contributed by atoms with E-state index in [9.17, 15) is 9.59 Å². The van der Waals surface area contributed by atoms with Gasteiger partial charge in [-0.1, -0.05) is 44.2 Å². The standard InChI is InChI=1S/C27H34O5/c1-17(2)22-12-13-27(4)16-23(22)25-24(29)15-21(31-26(25)32-27)14-20(30-18(3)28)11-10-19-8-6-5-7-9-19/h5-9,15,17,20,22-23H,10-14,16H2,1-4H3. The highest BCUT2D eigenvalue weighted by atomic mass is 16.6. The molecule has 1 fully saturated rings. The van der Waals surface area contributed by atoms with Crippen LogP contribution >= 0.6 is 0 Å². The molecule has 1 aliphatic heterocycles. The Labute approximate surface area is 190 Å². The highest BCUT2D eigenvalue weighted by Crippen LogP contribution is 2.52. The number of aryl methyl sites for hydroxylation is 1. The summed E-state index contributed by atoms with van der Waals surface area (Å²) in [7, 11) is 0. The first-order valence-corrected chi connectivity index (χ1v) is 11.8. The Hall–Kier alpha value is -2.56. The molecular formula is C27H34O5. The molecule has 0 radical (unpaired) electrons. The third kappa shape index (κ3) is 4.92. The molecule has 1 saturated carbocycles. The van der Waals surface area contributed by atoms with Gasteiger partial charge in [0.25, 0.3) is 5.95 Å². The minimum atomic E-state index is -0.365. The molecule has 1 aromatic carbocycles. The van der Waals surface area contributed by atoms with Gasteiger partial charge in [0.15, 0.2) is 5.43 Å². The molecule has 5 nitrogen and oxygen atoms in total. The van der Waals surface area contributed by atoms with Gasteiger partial charge in [0.2, 0.25) is 0 Å². The maximum Gasteiger partial charge on any atom is 0.302 e. The third-order valence-electron chi connectivity index (χ3n) is 7.10. The van der Waals surface area contributed by atoms with Crippen molar-refractivity contribution >= 4 is 5.97 Å². The first-order chi connectivity index (χ1) is 15.2. The molecule has 4 unspecified atom stereocenters. The van der Waals surface area contributed by atoms with Gasteiger partial charge >= 0.3 is 5.97 Å². The number of carbonyl (C=O) groups is 1. The Balaban J connectivity index is 1.58. The molecule has 1 aliphatic carbocycles. The molecule has 2 aromatic rings. The molecule has 5 heteroatoms. The highest BCUT2D eigenvalue weighted by Gasteiger charge is 2.48. The monoisotopic (exact) mass is 438 g/mol. The Kier molecular flexibility index (Phi) is 6.45. The van der Waals surface area contributed by atoms with Crippen molar-refractivity contribution in [2.45, 2.75) is 83.8 Å².